The Morgan fingerprint density at radius 1 is 1.35 bits per heavy atom. The van der Waals surface area contributed by atoms with Gasteiger partial charge in [-0.3, -0.25) is 0 Å². The molecular formula is C15H24N4S. The van der Waals surface area contributed by atoms with E-state index in [2.05, 4.69) is 21.5 Å². The Hall–Kier alpha value is -1.75. The number of hydrogen-bond donors (Lipinski definition) is 2. The molecule has 2 rings (SSSR count). The van der Waals surface area contributed by atoms with Crippen molar-refractivity contribution in [2.75, 3.05) is 12.0 Å². The summed E-state index contributed by atoms with van der Waals surface area (Å²) in [6.07, 6.45) is 1.94. The number of nitrogen functional groups attached to an aromatic ring is 1. The van der Waals surface area contributed by atoms with Crippen LogP contribution in [0.5, 0.6) is 0 Å². The van der Waals surface area contributed by atoms with Gasteiger partial charge in [-0.25, -0.2) is 9.98 Å². The summed E-state index contributed by atoms with van der Waals surface area (Å²) in [5.74, 6) is 0.672. The zero-order valence-corrected chi connectivity index (χ0v) is 13.7. The van der Waals surface area contributed by atoms with E-state index >= 15 is 0 Å². The molecule has 110 valence electrons. The molecule has 0 bridgehead atoms. The zero-order chi connectivity index (χ0) is 15.5. The van der Waals surface area contributed by atoms with Crippen LogP contribution in [0.25, 0.3) is 16.7 Å². The molecular weight excluding hydrogens is 268 g/mol. The van der Waals surface area contributed by atoms with E-state index in [9.17, 15) is 0 Å². The second-order valence-corrected chi connectivity index (χ2v) is 3.96. The SMILES string of the molecule is C=C(N=CSC)c1nc2ccc(N)cc2[nH]1.CC.CC. The van der Waals surface area contributed by atoms with Gasteiger partial charge in [0.25, 0.3) is 0 Å². The van der Waals surface area contributed by atoms with Crippen LogP contribution in [0.15, 0.2) is 29.8 Å². The molecule has 4 nitrogen and oxygen atoms in total. The van der Waals surface area contributed by atoms with Crippen LogP contribution in [0.2, 0.25) is 0 Å². The minimum absolute atomic E-state index is 0.615. The number of anilines is 1. The van der Waals surface area contributed by atoms with Gasteiger partial charge in [-0.1, -0.05) is 34.3 Å². The first-order valence-electron chi connectivity index (χ1n) is 6.70. The number of benzene rings is 1. The van der Waals surface area contributed by atoms with E-state index < -0.39 is 0 Å². The van der Waals surface area contributed by atoms with Crippen molar-refractivity contribution in [3.8, 4) is 0 Å². The molecule has 0 saturated carbocycles. The van der Waals surface area contributed by atoms with Crippen molar-refractivity contribution in [1.82, 2.24) is 9.97 Å². The van der Waals surface area contributed by atoms with E-state index in [1.165, 1.54) is 11.8 Å². The molecule has 1 aromatic heterocycles. The molecule has 0 fully saturated rings. The number of nitrogens with zero attached hydrogens (tertiary/aromatic N) is 2. The molecule has 0 spiro atoms. The Morgan fingerprint density at radius 2 is 2.00 bits per heavy atom. The fraction of sp³-hybridized carbons (Fsp3) is 0.333. The molecule has 1 aromatic carbocycles. The Balaban J connectivity index is 0.000000829. The number of aromatic nitrogens is 2. The lowest BCUT2D eigenvalue weighted by molar-refractivity contribution is 1.25. The van der Waals surface area contributed by atoms with Gasteiger partial charge in [-0.2, -0.15) is 0 Å². The van der Waals surface area contributed by atoms with Crippen LogP contribution in [-0.4, -0.2) is 21.8 Å². The highest BCUT2D eigenvalue weighted by Gasteiger charge is 2.04. The highest BCUT2D eigenvalue weighted by Crippen LogP contribution is 2.18. The predicted molar refractivity (Wildman–Crippen MR) is 94.2 cm³/mol. The van der Waals surface area contributed by atoms with Crippen LogP contribution in [-0.2, 0) is 0 Å². The highest BCUT2D eigenvalue weighted by molar-refractivity contribution is 8.11. The molecule has 0 radical (unpaired) electrons. The first-order valence-corrected chi connectivity index (χ1v) is 7.99. The number of aromatic amines is 1. The van der Waals surface area contributed by atoms with Gasteiger partial charge in [0, 0.05) is 5.69 Å². The van der Waals surface area contributed by atoms with Crippen LogP contribution >= 0.6 is 11.8 Å². The Bertz CT molecular complexity index is 558. The first-order chi connectivity index (χ1) is 9.70. The number of hydrogen-bond acceptors (Lipinski definition) is 4. The molecule has 0 atom stereocenters. The number of aliphatic imine (C=N–C) groups is 1. The number of rotatable bonds is 3. The van der Waals surface area contributed by atoms with Crippen molar-refractivity contribution in [1.29, 1.82) is 0 Å². The van der Waals surface area contributed by atoms with Crippen molar-refractivity contribution in [2.45, 2.75) is 27.7 Å². The van der Waals surface area contributed by atoms with E-state index in [0.29, 0.717) is 17.2 Å². The van der Waals surface area contributed by atoms with E-state index in [0.717, 1.165) is 11.0 Å². The Morgan fingerprint density at radius 3 is 2.60 bits per heavy atom. The van der Waals surface area contributed by atoms with Gasteiger partial charge < -0.3 is 10.7 Å². The molecule has 0 aliphatic carbocycles. The van der Waals surface area contributed by atoms with Crippen LogP contribution < -0.4 is 5.73 Å². The molecule has 0 aliphatic heterocycles. The summed E-state index contributed by atoms with van der Waals surface area (Å²) in [6, 6.07) is 5.54. The maximum absolute atomic E-state index is 5.69. The molecule has 1 heterocycles. The molecule has 0 unspecified atom stereocenters. The van der Waals surface area contributed by atoms with Crippen LogP contribution in [0.1, 0.15) is 33.5 Å². The average Bonchev–Trinajstić information content (AvgIpc) is 2.92. The van der Waals surface area contributed by atoms with Crippen molar-refractivity contribution in [2.24, 2.45) is 4.99 Å². The number of H-pyrrole nitrogens is 1. The lowest BCUT2D eigenvalue weighted by atomic mass is 10.3. The van der Waals surface area contributed by atoms with Gasteiger partial charge in [0.1, 0.15) is 0 Å². The van der Waals surface area contributed by atoms with Gasteiger partial charge in [-0.15, -0.1) is 11.8 Å². The van der Waals surface area contributed by atoms with Gasteiger partial charge in [0.2, 0.25) is 0 Å². The standard InChI is InChI=1S/C11H12N4S.2C2H6/c1-7(13-6-16-2)11-14-9-4-3-8(12)5-10(9)15-11;2*1-2/h3-6H,1,12H2,2H3,(H,14,15);2*1-2H3. The summed E-state index contributed by atoms with van der Waals surface area (Å²) in [5, 5.41) is 0. The Labute approximate surface area is 125 Å². The monoisotopic (exact) mass is 292 g/mol. The quantitative estimate of drug-likeness (QED) is 0.495. The lowest BCUT2D eigenvalue weighted by Gasteiger charge is -1.91. The van der Waals surface area contributed by atoms with E-state index in [1.807, 2.05) is 52.1 Å². The molecule has 0 saturated heterocycles. The number of thioether (sulfide) groups is 1. The fourth-order valence-electron chi connectivity index (χ4n) is 1.34. The Kier molecular flexibility index (Phi) is 9.20. The van der Waals surface area contributed by atoms with Gasteiger partial charge >= 0.3 is 0 Å². The minimum atomic E-state index is 0.615. The minimum Gasteiger partial charge on any atom is -0.399 e. The first kappa shape index (κ1) is 18.2. The number of nitrogens with two attached hydrogens (primary N) is 1. The largest absolute Gasteiger partial charge is 0.399 e. The predicted octanol–water partition coefficient (Wildman–Crippen LogP) is 4.56. The average molecular weight is 292 g/mol. The third-order valence-electron chi connectivity index (χ3n) is 2.09. The molecule has 3 N–H and O–H groups in total. The zero-order valence-electron chi connectivity index (χ0n) is 12.9. The van der Waals surface area contributed by atoms with Gasteiger partial charge in [0.05, 0.1) is 22.3 Å². The molecule has 20 heavy (non-hydrogen) atoms. The summed E-state index contributed by atoms with van der Waals surface area (Å²) in [6.45, 7) is 11.8. The van der Waals surface area contributed by atoms with E-state index in [-0.39, 0.29) is 0 Å². The van der Waals surface area contributed by atoms with E-state index in [4.69, 9.17) is 5.73 Å². The summed E-state index contributed by atoms with van der Waals surface area (Å²) >= 11 is 1.52. The highest BCUT2D eigenvalue weighted by atomic mass is 32.2. The molecule has 5 heteroatoms. The summed E-state index contributed by atoms with van der Waals surface area (Å²) in [5.41, 5.74) is 10.5. The van der Waals surface area contributed by atoms with Crippen molar-refractivity contribution in [3.05, 3.63) is 30.6 Å². The van der Waals surface area contributed by atoms with Gasteiger partial charge in [-0.05, 0) is 24.5 Å². The molecule has 2 aromatic rings. The van der Waals surface area contributed by atoms with Crippen LogP contribution in [0.4, 0.5) is 5.69 Å². The summed E-state index contributed by atoms with van der Waals surface area (Å²) in [4.78, 5) is 11.7. The number of nitrogens with one attached hydrogen (secondary N) is 1. The summed E-state index contributed by atoms with van der Waals surface area (Å²) in [7, 11) is 0. The van der Waals surface area contributed by atoms with Crippen LogP contribution in [0, 0.1) is 0 Å². The summed E-state index contributed by atoms with van der Waals surface area (Å²) < 4.78 is 0. The van der Waals surface area contributed by atoms with Crippen molar-refractivity contribution < 1.29 is 0 Å². The van der Waals surface area contributed by atoms with Crippen LogP contribution in [0.3, 0.4) is 0 Å². The number of fused-ring (bicyclic) bond motifs is 1. The third-order valence-corrected chi connectivity index (χ3v) is 2.41. The second kappa shape index (κ2) is 10.1. The maximum atomic E-state index is 5.69. The third kappa shape index (κ3) is 5.09. The lowest BCUT2D eigenvalue weighted by Crippen LogP contribution is -1.82. The fourth-order valence-corrected chi connectivity index (χ4v) is 1.57. The molecule has 0 amide bonds. The maximum Gasteiger partial charge on any atom is 0.156 e. The van der Waals surface area contributed by atoms with Gasteiger partial charge in [0.15, 0.2) is 5.82 Å². The van der Waals surface area contributed by atoms with E-state index in [1.54, 1.807) is 5.55 Å². The molecule has 0 aliphatic rings. The van der Waals surface area contributed by atoms with Crippen molar-refractivity contribution >= 4 is 39.7 Å². The number of imidazole rings is 1. The topological polar surface area (TPSA) is 67.1 Å². The normalized spacial score (nSPS) is 9.65. The second-order valence-electron chi connectivity index (χ2n) is 3.28. The van der Waals surface area contributed by atoms with Crippen molar-refractivity contribution in [3.63, 3.8) is 0 Å². The smallest absolute Gasteiger partial charge is 0.156 e.